The van der Waals surface area contributed by atoms with E-state index in [1.807, 2.05) is 49.4 Å². The molecular formula is C20H26N2O. The number of nitrogens with zero attached hydrogens (tertiary/aromatic N) is 1. The van der Waals surface area contributed by atoms with E-state index >= 15 is 0 Å². The van der Waals surface area contributed by atoms with Gasteiger partial charge in [-0.25, -0.2) is 4.79 Å². The first-order valence-electron chi connectivity index (χ1n) is 8.10. The van der Waals surface area contributed by atoms with Gasteiger partial charge in [0.2, 0.25) is 0 Å². The van der Waals surface area contributed by atoms with E-state index < -0.39 is 0 Å². The maximum atomic E-state index is 12.4. The molecule has 0 saturated heterocycles. The number of amides is 2. The standard InChI is InChI=1S/C20H26N2O/c1-5-22(15-16-9-7-6-8-10-16)19(23)21-18-13-11-17(12-14-18)20(2,3)4/h6-14H,5,15H2,1-4H3,(H,21,23). The molecule has 0 aliphatic carbocycles. The average molecular weight is 310 g/mol. The van der Waals surface area contributed by atoms with Gasteiger partial charge in [-0.1, -0.05) is 63.2 Å². The summed E-state index contributed by atoms with van der Waals surface area (Å²) in [5.41, 5.74) is 3.33. The molecule has 0 heterocycles. The summed E-state index contributed by atoms with van der Waals surface area (Å²) in [5.74, 6) is 0. The number of carbonyl (C=O) groups excluding carboxylic acids is 1. The Labute approximate surface area is 139 Å². The van der Waals surface area contributed by atoms with Crippen molar-refractivity contribution in [2.45, 2.75) is 39.7 Å². The first-order chi connectivity index (χ1) is 10.9. The number of benzene rings is 2. The van der Waals surface area contributed by atoms with Gasteiger partial charge in [0.15, 0.2) is 0 Å². The van der Waals surface area contributed by atoms with Gasteiger partial charge in [0, 0.05) is 18.8 Å². The number of hydrogen-bond donors (Lipinski definition) is 1. The summed E-state index contributed by atoms with van der Waals surface area (Å²) in [5, 5.41) is 2.98. The molecule has 0 saturated carbocycles. The first-order valence-corrected chi connectivity index (χ1v) is 8.10. The van der Waals surface area contributed by atoms with Crippen molar-refractivity contribution in [2.75, 3.05) is 11.9 Å². The van der Waals surface area contributed by atoms with Gasteiger partial charge in [0.05, 0.1) is 0 Å². The minimum Gasteiger partial charge on any atom is -0.320 e. The number of nitrogens with one attached hydrogen (secondary N) is 1. The van der Waals surface area contributed by atoms with Crippen LogP contribution in [0, 0.1) is 0 Å². The Morgan fingerprint density at radius 3 is 2.13 bits per heavy atom. The Bertz CT molecular complexity index is 627. The van der Waals surface area contributed by atoms with Crippen LogP contribution in [0.5, 0.6) is 0 Å². The highest BCUT2D eigenvalue weighted by Crippen LogP contribution is 2.23. The van der Waals surface area contributed by atoms with Gasteiger partial charge in [0.1, 0.15) is 0 Å². The average Bonchev–Trinajstić information content (AvgIpc) is 2.53. The van der Waals surface area contributed by atoms with Crippen LogP contribution in [0.25, 0.3) is 0 Å². The van der Waals surface area contributed by atoms with E-state index in [1.165, 1.54) is 5.56 Å². The van der Waals surface area contributed by atoms with Crippen LogP contribution in [0.4, 0.5) is 10.5 Å². The van der Waals surface area contributed by atoms with Crippen molar-refractivity contribution in [3.8, 4) is 0 Å². The van der Waals surface area contributed by atoms with Crippen molar-refractivity contribution in [2.24, 2.45) is 0 Å². The highest BCUT2D eigenvalue weighted by molar-refractivity contribution is 5.89. The number of anilines is 1. The second kappa shape index (κ2) is 7.32. The Kier molecular flexibility index (Phi) is 5.43. The van der Waals surface area contributed by atoms with E-state index in [0.717, 1.165) is 11.3 Å². The summed E-state index contributed by atoms with van der Waals surface area (Å²) in [6.45, 7) is 9.81. The molecular weight excluding hydrogens is 284 g/mol. The largest absolute Gasteiger partial charge is 0.322 e. The van der Waals surface area contributed by atoms with Crippen molar-refractivity contribution in [3.05, 3.63) is 65.7 Å². The van der Waals surface area contributed by atoms with Crippen molar-refractivity contribution >= 4 is 11.7 Å². The van der Waals surface area contributed by atoms with Crippen molar-refractivity contribution < 1.29 is 4.79 Å². The van der Waals surface area contributed by atoms with Gasteiger partial charge >= 0.3 is 6.03 Å². The van der Waals surface area contributed by atoms with Gasteiger partial charge in [-0.3, -0.25) is 0 Å². The molecule has 2 aromatic rings. The van der Waals surface area contributed by atoms with Crippen LogP contribution >= 0.6 is 0 Å². The Balaban J connectivity index is 2.02. The van der Waals surface area contributed by atoms with Crippen molar-refractivity contribution in [1.29, 1.82) is 0 Å². The SMILES string of the molecule is CCN(Cc1ccccc1)C(=O)Nc1ccc(C(C)(C)C)cc1. The fourth-order valence-corrected chi connectivity index (χ4v) is 2.39. The van der Waals surface area contributed by atoms with E-state index in [0.29, 0.717) is 13.1 Å². The summed E-state index contributed by atoms with van der Waals surface area (Å²) >= 11 is 0. The lowest BCUT2D eigenvalue weighted by Gasteiger charge is -2.22. The molecule has 0 aliphatic heterocycles. The first kappa shape index (κ1) is 17.1. The van der Waals surface area contributed by atoms with E-state index in [4.69, 9.17) is 0 Å². The van der Waals surface area contributed by atoms with Crippen LogP contribution in [-0.2, 0) is 12.0 Å². The maximum absolute atomic E-state index is 12.4. The Morgan fingerprint density at radius 1 is 1.00 bits per heavy atom. The number of carbonyl (C=O) groups is 1. The number of rotatable bonds is 4. The maximum Gasteiger partial charge on any atom is 0.322 e. The zero-order valence-electron chi connectivity index (χ0n) is 14.5. The second-order valence-electron chi connectivity index (χ2n) is 6.76. The summed E-state index contributed by atoms with van der Waals surface area (Å²) in [6.07, 6.45) is 0. The van der Waals surface area contributed by atoms with Gasteiger partial charge in [-0.15, -0.1) is 0 Å². The fraction of sp³-hybridized carbons (Fsp3) is 0.350. The summed E-state index contributed by atoms with van der Waals surface area (Å²) in [6, 6.07) is 18.0. The van der Waals surface area contributed by atoms with Crippen molar-refractivity contribution in [3.63, 3.8) is 0 Å². The minimum atomic E-state index is -0.0696. The lowest BCUT2D eigenvalue weighted by atomic mass is 9.87. The molecule has 0 unspecified atom stereocenters. The van der Waals surface area contributed by atoms with Crippen LogP contribution in [0.15, 0.2) is 54.6 Å². The molecule has 0 aliphatic rings. The molecule has 0 aromatic heterocycles. The minimum absolute atomic E-state index is 0.0696. The molecule has 122 valence electrons. The zero-order chi connectivity index (χ0) is 16.9. The predicted octanol–water partition coefficient (Wildman–Crippen LogP) is 5.04. The van der Waals surface area contributed by atoms with Gasteiger partial charge in [0.25, 0.3) is 0 Å². The van der Waals surface area contributed by atoms with Crippen LogP contribution < -0.4 is 5.32 Å². The molecule has 3 nitrogen and oxygen atoms in total. The molecule has 0 spiro atoms. The van der Waals surface area contributed by atoms with Crippen LogP contribution in [0.2, 0.25) is 0 Å². The van der Waals surface area contributed by atoms with E-state index in [9.17, 15) is 4.79 Å². The number of hydrogen-bond acceptors (Lipinski definition) is 1. The Hall–Kier alpha value is -2.29. The number of urea groups is 1. The van der Waals surface area contributed by atoms with Crippen LogP contribution in [-0.4, -0.2) is 17.5 Å². The predicted molar refractivity (Wildman–Crippen MR) is 96.7 cm³/mol. The summed E-state index contributed by atoms with van der Waals surface area (Å²) in [4.78, 5) is 14.2. The van der Waals surface area contributed by atoms with E-state index in [2.05, 4.69) is 38.2 Å². The van der Waals surface area contributed by atoms with Crippen molar-refractivity contribution in [1.82, 2.24) is 4.90 Å². The topological polar surface area (TPSA) is 32.3 Å². The normalized spacial score (nSPS) is 11.1. The van der Waals surface area contributed by atoms with E-state index in [1.54, 1.807) is 4.90 Å². The second-order valence-corrected chi connectivity index (χ2v) is 6.76. The highest BCUT2D eigenvalue weighted by atomic mass is 16.2. The highest BCUT2D eigenvalue weighted by Gasteiger charge is 2.15. The third-order valence-electron chi connectivity index (χ3n) is 3.89. The smallest absolute Gasteiger partial charge is 0.320 e. The van der Waals surface area contributed by atoms with Crippen LogP contribution in [0.1, 0.15) is 38.8 Å². The summed E-state index contributed by atoms with van der Waals surface area (Å²) in [7, 11) is 0. The lowest BCUT2D eigenvalue weighted by Crippen LogP contribution is -2.34. The quantitative estimate of drug-likeness (QED) is 0.843. The Morgan fingerprint density at radius 2 is 1.61 bits per heavy atom. The third-order valence-corrected chi connectivity index (χ3v) is 3.89. The molecule has 0 bridgehead atoms. The van der Waals surface area contributed by atoms with Crippen LogP contribution in [0.3, 0.4) is 0 Å². The molecule has 2 rings (SSSR count). The molecule has 3 heteroatoms. The van der Waals surface area contributed by atoms with Gasteiger partial charge in [-0.2, -0.15) is 0 Å². The molecule has 0 radical (unpaired) electrons. The van der Waals surface area contributed by atoms with Gasteiger partial charge < -0.3 is 10.2 Å². The molecule has 0 fully saturated rings. The van der Waals surface area contributed by atoms with Gasteiger partial charge in [-0.05, 0) is 35.6 Å². The molecule has 23 heavy (non-hydrogen) atoms. The zero-order valence-corrected chi connectivity index (χ0v) is 14.5. The van der Waals surface area contributed by atoms with E-state index in [-0.39, 0.29) is 11.4 Å². The molecule has 2 aromatic carbocycles. The fourth-order valence-electron chi connectivity index (χ4n) is 2.39. The molecule has 0 atom stereocenters. The monoisotopic (exact) mass is 310 g/mol. The molecule has 2 amide bonds. The third kappa shape index (κ3) is 4.85. The molecule has 1 N–H and O–H groups in total. The lowest BCUT2D eigenvalue weighted by molar-refractivity contribution is 0.212. The summed E-state index contributed by atoms with van der Waals surface area (Å²) < 4.78 is 0.